The first-order valence-electron chi connectivity index (χ1n) is 7.87. The number of hydrogen-bond acceptors (Lipinski definition) is 6. The first kappa shape index (κ1) is 19.5. The van der Waals surface area contributed by atoms with Crippen LogP contribution in [0.3, 0.4) is 0 Å². The molecule has 5 nitrogen and oxygen atoms in total. The van der Waals surface area contributed by atoms with E-state index in [0.29, 0.717) is 15.5 Å². The minimum Gasteiger partial charge on any atom is -0.477 e. The molecule has 8 heteroatoms. The van der Waals surface area contributed by atoms with E-state index in [1.807, 2.05) is 31.2 Å². The average Bonchev–Trinajstić information content (AvgIpc) is 3.08. The fraction of sp³-hybridized carbons (Fsp3) is 0.105. The summed E-state index contributed by atoms with van der Waals surface area (Å²) in [5, 5.41) is 9.20. The highest BCUT2D eigenvalue weighted by Crippen LogP contribution is 2.39. The lowest BCUT2D eigenvalue weighted by molar-refractivity contribution is 0.0702. The molecule has 0 aliphatic rings. The van der Waals surface area contributed by atoms with E-state index in [9.17, 15) is 18.3 Å². The molecule has 0 fully saturated rings. The van der Waals surface area contributed by atoms with Gasteiger partial charge in [0.1, 0.15) is 4.88 Å². The molecule has 0 saturated heterocycles. The molecule has 3 N–H and O–H groups in total. The maximum absolute atomic E-state index is 13.2. The van der Waals surface area contributed by atoms with Crippen LogP contribution in [0.5, 0.6) is 0 Å². The van der Waals surface area contributed by atoms with Crippen LogP contribution in [0.1, 0.15) is 15.2 Å². The summed E-state index contributed by atoms with van der Waals surface area (Å²) in [5.74, 6) is -1.14. The summed E-state index contributed by atoms with van der Waals surface area (Å²) in [5.41, 5.74) is 9.04. The second-order valence-corrected chi connectivity index (χ2v) is 9.88. The number of carboxylic acid groups (broad SMARTS) is 1. The van der Waals surface area contributed by atoms with Crippen molar-refractivity contribution >= 4 is 44.6 Å². The molecule has 0 spiro atoms. The number of hydrogen-bond donors (Lipinski definition) is 2. The van der Waals surface area contributed by atoms with Gasteiger partial charge in [-0.1, -0.05) is 24.3 Å². The number of aromatic carboxylic acids is 1. The normalized spacial score (nSPS) is 11.5. The monoisotopic (exact) mass is 419 g/mol. The van der Waals surface area contributed by atoms with Gasteiger partial charge in [-0.2, -0.15) is 0 Å². The lowest BCUT2D eigenvalue weighted by Crippen LogP contribution is -2.04. The number of sulfone groups is 1. The van der Waals surface area contributed by atoms with Crippen molar-refractivity contribution in [2.45, 2.75) is 20.9 Å². The van der Waals surface area contributed by atoms with Gasteiger partial charge < -0.3 is 10.8 Å². The van der Waals surface area contributed by atoms with Gasteiger partial charge in [0.15, 0.2) is 0 Å². The van der Waals surface area contributed by atoms with Gasteiger partial charge in [0.05, 0.1) is 14.0 Å². The van der Waals surface area contributed by atoms with E-state index in [-0.39, 0.29) is 14.7 Å². The molecule has 0 aliphatic carbocycles. The van der Waals surface area contributed by atoms with Gasteiger partial charge in [0.25, 0.3) is 0 Å². The molecule has 1 heterocycles. The quantitative estimate of drug-likeness (QED) is 0.465. The third-order valence-corrected chi connectivity index (χ3v) is 8.41. The summed E-state index contributed by atoms with van der Waals surface area (Å²) in [6.45, 7) is 1.93. The molecular weight excluding hydrogens is 402 g/mol. The van der Waals surface area contributed by atoms with Crippen LogP contribution in [0, 0.1) is 6.92 Å². The maximum atomic E-state index is 13.2. The van der Waals surface area contributed by atoms with E-state index in [0.717, 1.165) is 22.5 Å². The zero-order chi connectivity index (χ0) is 19.8. The number of thiophene rings is 1. The molecule has 3 rings (SSSR count). The number of carboxylic acids is 1. The molecule has 27 heavy (non-hydrogen) atoms. The van der Waals surface area contributed by atoms with Crippen LogP contribution in [0.4, 0.5) is 5.69 Å². The van der Waals surface area contributed by atoms with Gasteiger partial charge in [-0.25, -0.2) is 13.2 Å². The van der Waals surface area contributed by atoms with Gasteiger partial charge in [0.2, 0.25) is 9.84 Å². The minimum absolute atomic E-state index is 0.00695. The predicted octanol–water partition coefficient (Wildman–Crippen LogP) is 4.56. The SMILES string of the molecule is CSc1sc(C(=O)O)cc1S(=O)(=O)c1ccc(N)c(-c2ccccc2C)c1. The number of carbonyl (C=O) groups is 1. The van der Waals surface area contributed by atoms with Crippen molar-refractivity contribution in [3.63, 3.8) is 0 Å². The average molecular weight is 420 g/mol. The highest BCUT2D eigenvalue weighted by molar-refractivity contribution is 8.01. The molecule has 0 radical (unpaired) electrons. The van der Waals surface area contributed by atoms with E-state index < -0.39 is 15.8 Å². The van der Waals surface area contributed by atoms with Gasteiger partial charge in [0, 0.05) is 11.3 Å². The van der Waals surface area contributed by atoms with Crippen molar-refractivity contribution in [2.75, 3.05) is 12.0 Å². The van der Waals surface area contributed by atoms with Gasteiger partial charge in [-0.3, -0.25) is 0 Å². The highest BCUT2D eigenvalue weighted by Gasteiger charge is 2.26. The predicted molar refractivity (Wildman–Crippen MR) is 110 cm³/mol. The molecule has 3 aromatic rings. The molecule has 0 saturated carbocycles. The minimum atomic E-state index is -3.88. The Kier molecular flexibility index (Phi) is 5.32. The fourth-order valence-corrected chi connectivity index (χ4v) is 6.59. The number of thioether (sulfide) groups is 1. The number of aryl methyl sites for hydroxylation is 1. The Balaban J connectivity index is 2.18. The van der Waals surface area contributed by atoms with Crippen LogP contribution in [0.2, 0.25) is 0 Å². The highest BCUT2D eigenvalue weighted by atomic mass is 32.2. The van der Waals surface area contributed by atoms with Crippen molar-refractivity contribution in [2.24, 2.45) is 0 Å². The van der Waals surface area contributed by atoms with E-state index in [1.54, 1.807) is 18.4 Å². The van der Waals surface area contributed by atoms with Gasteiger partial charge in [-0.05, 0) is 48.6 Å². The number of rotatable bonds is 5. The topological polar surface area (TPSA) is 97.5 Å². The Bertz CT molecular complexity index is 1130. The van der Waals surface area contributed by atoms with Crippen LogP contribution in [-0.2, 0) is 9.84 Å². The Labute approximate surface area is 165 Å². The van der Waals surface area contributed by atoms with E-state index in [4.69, 9.17) is 5.73 Å². The maximum Gasteiger partial charge on any atom is 0.345 e. The number of nitrogen functional groups attached to an aromatic ring is 1. The zero-order valence-electron chi connectivity index (χ0n) is 14.6. The van der Waals surface area contributed by atoms with Crippen LogP contribution in [0.15, 0.2) is 62.5 Å². The Morgan fingerprint density at radius 1 is 1.11 bits per heavy atom. The third kappa shape index (κ3) is 3.60. The van der Waals surface area contributed by atoms with Gasteiger partial charge >= 0.3 is 5.97 Å². The van der Waals surface area contributed by atoms with E-state index in [2.05, 4.69) is 0 Å². The van der Waals surface area contributed by atoms with E-state index >= 15 is 0 Å². The Hall–Kier alpha value is -2.29. The number of benzene rings is 2. The van der Waals surface area contributed by atoms with Crippen LogP contribution >= 0.6 is 23.1 Å². The molecule has 140 valence electrons. The smallest absolute Gasteiger partial charge is 0.345 e. The Morgan fingerprint density at radius 2 is 1.81 bits per heavy atom. The lowest BCUT2D eigenvalue weighted by atomic mass is 9.99. The molecular formula is C19H17NO4S3. The summed E-state index contributed by atoms with van der Waals surface area (Å²) in [6, 6.07) is 13.4. The standard InChI is InChI=1S/C19H17NO4S3/c1-11-5-3-4-6-13(11)14-9-12(7-8-15(14)20)27(23,24)17-10-16(18(21)22)26-19(17)25-2/h3-10H,20H2,1-2H3,(H,21,22). The second kappa shape index (κ2) is 7.38. The lowest BCUT2D eigenvalue weighted by Gasteiger charge is -2.12. The third-order valence-electron chi connectivity index (χ3n) is 4.12. The van der Waals surface area contributed by atoms with Crippen molar-refractivity contribution in [1.29, 1.82) is 0 Å². The van der Waals surface area contributed by atoms with Crippen molar-refractivity contribution in [1.82, 2.24) is 0 Å². The molecule has 1 aromatic heterocycles. The summed E-state index contributed by atoms with van der Waals surface area (Å²) >= 11 is 2.17. The molecule has 0 atom stereocenters. The van der Waals surface area contributed by atoms with Crippen LogP contribution in [0.25, 0.3) is 11.1 Å². The Morgan fingerprint density at radius 3 is 2.44 bits per heavy atom. The molecule has 0 unspecified atom stereocenters. The van der Waals surface area contributed by atoms with Gasteiger partial charge in [-0.15, -0.1) is 23.1 Å². The van der Waals surface area contributed by atoms with Crippen molar-refractivity contribution in [3.8, 4) is 11.1 Å². The number of anilines is 1. The van der Waals surface area contributed by atoms with Crippen molar-refractivity contribution < 1.29 is 18.3 Å². The van der Waals surface area contributed by atoms with Crippen molar-refractivity contribution in [3.05, 3.63) is 59.0 Å². The second-order valence-electron chi connectivity index (χ2n) is 5.84. The number of nitrogens with two attached hydrogens (primary N) is 1. The van der Waals surface area contributed by atoms with Crippen LogP contribution in [-0.4, -0.2) is 25.7 Å². The first-order valence-corrected chi connectivity index (χ1v) is 11.4. The first-order chi connectivity index (χ1) is 12.8. The summed E-state index contributed by atoms with van der Waals surface area (Å²) in [6.07, 6.45) is 1.72. The zero-order valence-corrected chi connectivity index (χ0v) is 17.0. The summed E-state index contributed by atoms with van der Waals surface area (Å²) in [4.78, 5) is 11.3. The largest absolute Gasteiger partial charge is 0.477 e. The summed E-state index contributed by atoms with van der Waals surface area (Å²) in [7, 11) is -3.88. The summed E-state index contributed by atoms with van der Waals surface area (Å²) < 4.78 is 26.8. The van der Waals surface area contributed by atoms with E-state index in [1.165, 1.54) is 23.9 Å². The molecule has 2 aromatic carbocycles. The molecule has 0 bridgehead atoms. The fourth-order valence-electron chi connectivity index (χ4n) is 2.73. The molecule has 0 aliphatic heterocycles. The molecule has 0 amide bonds. The van der Waals surface area contributed by atoms with Crippen LogP contribution < -0.4 is 5.73 Å².